The second-order valence-corrected chi connectivity index (χ2v) is 6.99. The molecule has 1 N–H and O–H groups in total. The van der Waals surface area contributed by atoms with Crippen LogP contribution in [0.5, 0.6) is 0 Å². The number of amides is 2. The predicted octanol–water partition coefficient (Wildman–Crippen LogP) is 2.72. The smallest absolute Gasteiger partial charge is 0.270 e. The van der Waals surface area contributed by atoms with Crippen molar-refractivity contribution in [2.45, 2.75) is 38.6 Å². The molecule has 1 unspecified atom stereocenters. The van der Waals surface area contributed by atoms with Gasteiger partial charge in [0, 0.05) is 41.3 Å². The minimum Gasteiger partial charge on any atom is -0.352 e. The highest BCUT2D eigenvalue weighted by molar-refractivity contribution is 14.1. The van der Waals surface area contributed by atoms with E-state index in [1.165, 1.54) is 18.2 Å². The number of hydrogen-bond acceptors (Lipinski definition) is 4. The molecule has 0 bridgehead atoms. The second kappa shape index (κ2) is 8.41. The Bertz CT molecular complexity index is 650. The van der Waals surface area contributed by atoms with Crippen molar-refractivity contribution in [2.75, 3.05) is 13.1 Å². The Kier molecular flexibility index (Phi) is 6.52. The average Bonchev–Trinajstić information content (AvgIpc) is 2.54. The molecule has 1 aliphatic rings. The van der Waals surface area contributed by atoms with Gasteiger partial charge in [-0.05, 0) is 47.9 Å². The minimum atomic E-state index is -0.476. The molecule has 8 heteroatoms. The molecule has 1 heterocycles. The van der Waals surface area contributed by atoms with E-state index in [-0.39, 0.29) is 23.5 Å². The number of carbonyl (C=O) groups excluding carboxylic acids is 2. The number of hydrogen-bond donors (Lipinski definition) is 1. The predicted molar refractivity (Wildman–Crippen MR) is 97.8 cm³/mol. The highest BCUT2D eigenvalue weighted by Crippen LogP contribution is 2.22. The molecule has 0 radical (unpaired) electrons. The molecule has 1 aliphatic heterocycles. The van der Waals surface area contributed by atoms with Gasteiger partial charge in [-0.25, -0.2) is 0 Å². The number of benzene rings is 1. The maximum atomic E-state index is 12.7. The molecule has 1 atom stereocenters. The Morgan fingerprint density at radius 3 is 2.83 bits per heavy atom. The van der Waals surface area contributed by atoms with E-state index in [1.807, 2.05) is 29.5 Å². The molecule has 1 fully saturated rings. The van der Waals surface area contributed by atoms with Crippen molar-refractivity contribution in [3.05, 3.63) is 37.4 Å². The third-order valence-corrected chi connectivity index (χ3v) is 4.84. The van der Waals surface area contributed by atoms with Gasteiger partial charge in [0.05, 0.1) is 10.5 Å². The van der Waals surface area contributed by atoms with Crippen LogP contribution in [-0.4, -0.2) is 40.8 Å². The molecule has 0 aromatic heterocycles. The molecule has 1 aromatic rings. The van der Waals surface area contributed by atoms with E-state index in [0.29, 0.717) is 28.6 Å². The van der Waals surface area contributed by atoms with E-state index in [2.05, 4.69) is 5.32 Å². The van der Waals surface area contributed by atoms with Crippen molar-refractivity contribution in [3.8, 4) is 0 Å². The lowest BCUT2D eigenvalue weighted by molar-refractivity contribution is -0.384. The van der Waals surface area contributed by atoms with Crippen molar-refractivity contribution in [1.82, 2.24) is 10.2 Å². The summed E-state index contributed by atoms with van der Waals surface area (Å²) in [4.78, 5) is 36.5. The molecule has 1 aromatic carbocycles. The van der Waals surface area contributed by atoms with E-state index in [0.717, 1.165) is 19.3 Å². The number of likely N-dealkylation sites (tertiary alicyclic amines) is 1. The van der Waals surface area contributed by atoms with E-state index in [9.17, 15) is 19.7 Å². The summed E-state index contributed by atoms with van der Waals surface area (Å²) in [6.07, 6.45) is 2.97. The summed E-state index contributed by atoms with van der Waals surface area (Å²) in [6, 6.07) is 4.22. The SMILES string of the molecule is CCCC(=O)NC1CCCN(C(=O)c2ccc([N+](=O)[O-])cc2I)C1. The van der Waals surface area contributed by atoms with Gasteiger partial charge in [-0.3, -0.25) is 19.7 Å². The van der Waals surface area contributed by atoms with Crippen LogP contribution in [0.1, 0.15) is 43.0 Å². The molecule has 0 saturated carbocycles. The fourth-order valence-corrected chi connectivity index (χ4v) is 3.50. The third-order valence-electron chi connectivity index (χ3n) is 3.94. The Balaban J connectivity index is 2.06. The van der Waals surface area contributed by atoms with Crippen LogP contribution in [-0.2, 0) is 4.79 Å². The summed E-state index contributed by atoms with van der Waals surface area (Å²) < 4.78 is 0.559. The zero-order valence-corrected chi connectivity index (χ0v) is 15.6. The number of piperidine rings is 1. The van der Waals surface area contributed by atoms with Crippen LogP contribution in [0.2, 0.25) is 0 Å². The number of nitro groups is 1. The van der Waals surface area contributed by atoms with Gasteiger partial charge in [-0.1, -0.05) is 6.92 Å². The van der Waals surface area contributed by atoms with Crippen LogP contribution in [0.15, 0.2) is 18.2 Å². The topological polar surface area (TPSA) is 92.6 Å². The van der Waals surface area contributed by atoms with E-state index in [4.69, 9.17) is 0 Å². The van der Waals surface area contributed by atoms with Crippen LogP contribution in [0.25, 0.3) is 0 Å². The molecular weight excluding hydrogens is 425 g/mol. The van der Waals surface area contributed by atoms with Gasteiger partial charge < -0.3 is 10.2 Å². The zero-order chi connectivity index (χ0) is 17.7. The molecule has 130 valence electrons. The summed E-state index contributed by atoms with van der Waals surface area (Å²) in [5.41, 5.74) is 0.432. The lowest BCUT2D eigenvalue weighted by Crippen LogP contribution is -2.49. The fraction of sp³-hybridized carbons (Fsp3) is 0.500. The van der Waals surface area contributed by atoms with Crippen LogP contribution >= 0.6 is 22.6 Å². The summed E-state index contributed by atoms with van der Waals surface area (Å²) in [5, 5.41) is 13.8. The number of nitrogens with one attached hydrogen (secondary N) is 1. The van der Waals surface area contributed by atoms with Crippen molar-refractivity contribution in [2.24, 2.45) is 0 Å². The van der Waals surface area contributed by atoms with Crippen molar-refractivity contribution in [3.63, 3.8) is 0 Å². The third kappa shape index (κ3) is 4.65. The van der Waals surface area contributed by atoms with Crippen LogP contribution in [0.4, 0.5) is 5.69 Å². The average molecular weight is 445 g/mol. The fourth-order valence-electron chi connectivity index (χ4n) is 2.77. The Morgan fingerprint density at radius 2 is 2.21 bits per heavy atom. The first-order valence-electron chi connectivity index (χ1n) is 7.95. The van der Waals surface area contributed by atoms with E-state index < -0.39 is 4.92 Å². The lowest BCUT2D eigenvalue weighted by atomic mass is 10.0. The number of carbonyl (C=O) groups is 2. The monoisotopic (exact) mass is 445 g/mol. The van der Waals surface area contributed by atoms with Crippen molar-refractivity contribution < 1.29 is 14.5 Å². The largest absolute Gasteiger partial charge is 0.352 e. The number of nitro benzene ring substituents is 1. The van der Waals surface area contributed by atoms with Gasteiger partial charge >= 0.3 is 0 Å². The summed E-state index contributed by atoms with van der Waals surface area (Å²) >= 11 is 1.95. The molecular formula is C16H20IN3O4. The maximum absolute atomic E-state index is 12.7. The molecule has 0 aliphatic carbocycles. The lowest BCUT2D eigenvalue weighted by Gasteiger charge is -2.33. The van der Waals surface area contributed by atoms with E-state index >= 15 is 0 Å². The number of nitrogens with zero attached hydrogens (tertiary/aromatic N) is 2. The summed E-state index contributed by atoms with van der Waals surface area (Å²) in [7, 11) is 0. The normalized spacial score (nSPS) is 17.4. The van der Waals surface area contributed by atoms with Crippen LogP contribution < -0.4 is 5.32 Å². The van der Waals surface area contributed by atoms with Crippen LogP contribution in [0, 0.1) is 13.7 Å². The highest BCUT2D eigenvalue weighted by Gasteiger charge is 2.27. The van der Waals surface area contributed by atoms with Crippen molar-refractivity contribution in [1.29, 1.82) is 0 Å². The summed E-state index contributed by atoms with van der Waals surface area (Å²) in [6.45, 7) is 3.06. The van der Waals surface area contributed by atoms with Crippen LogP contribution in [0.3, 0.4) is 0 Å². The molecule has 2 rings (SSSR count). The van der Waals surface area contributed by atoms with Gasteiger partial charge in [0.1, 0.15) is 0 Å². The zero-order valence-electron chi connectivity index (χ0n) is 13.5. The molecule has 0 spiro atoms. The highest BCUT2D eigenvalue weighted by atomic mass is 127. The van der Waals surface area contributed by atoms with Gasteiger partial charge in [0.15, 0.2) is 0 Å². The molecule has 24 heavy (non-hydrogen) atoms. The molecule has 7 nitrogen and oxygen atoms in total. The maximum Gasteiger partial charge on any atom is 0.270 e. The van der Waals surface area contributed by atoms with Gasteiger partial charge in [0.25, 0.3) is 11.6 Å². The Morgan fingerprint density at radius 1 is 1.46 bits per heavy atom. The quantitative estimate of drug-likeness (QED) is 0.429. The van der Waals surface area contributed by atoms with Gasteiger partial charge in [-0.15, -0.1) is 0 Å². The Hall–Kier alpha value is -1.71. The first-order chi connectivity index (χ1) is 11.4. The standard InChI is InChI=1S/C16H20IN3O4/c1-2-4-15(21)18-11-5-3-8-19(10-11)16(22)13-7-6-12(20(23)24)9-14(13)17/h6-7,9,11H,2-5,8,10H2,1H3,(H,18,21). The summed E-state index contributed by atoms with van der Waals surface area (Å²) in [5.74, 6) is -0.134. The second-order valence-electron chi connectivity index (χ2n) is 5.83. The first-order valence-corrected chi connectivity index (χ1v) is 9.02. The molecule has 2 amide bonds. The van der Waals surface area contributed by atoms with Crippen molar-refractivity contribution >= 4 is 40.1 Å². The Labute approximate surface area is 154 Å². The van der Waals surface area contributed by atoms with Gasteiger partial charge in [0.2, 0.25) is 5.91 Å². The first kappa shape index (κ1) is 18.6. The minimum absolute atomic E-state index is 0.0155. The van der Waals surface area contributed by atoms with Gasteiger partial charge in [-0.2, -0.15) is 0 Å². The number of halogens is 1. The number of non-ortho nitro benzene ring substituents is 1. The molecule has 1 saturated heterocycles. The number of rotatable bonds is 5. The van der Waals surface area contributed by atoms with E-state index in [1.54, 1.807) is 4.90 Å².